The maximum Gasteiger partial charge on any atom is 0.305 e. The summed E-state index contributed by atoms with van der Waals surface area (Å²) in [5.74, 6) is 1.51. The molecule has 3 aromatic rings. The van der Waals surface area contributed by atoms with E-state index in [4.69, 9.17) is 33.4 Å². The Bertz CT molecular complexity index is 2020. The fraction of sp³-hybridized carbons (Fsp3) is 0.381. The molecule has 2 amide bonds. The Morgan fingerprint density at radius 2 is 1.21 bits per heavy atom. The molecule has 0 N–H and O–H groups in total. The molecule has 14 heteroatoms. The Hall–Kier alpha value is -6.18. The summed E-state index contributed by atoms with van der Waals surface area (Å²) in [7, 11) is 4.39. The van der Waals surface area contributed by atoms with Crippen LogP contribution in [0.3, 0.4) is 0 Å². The minimum atomic E-state index is -0.320. The Kier molecular flexibility index (Phi) is 11.3. The molecule has 56 heavy (non-hydrogen) atoms. The first-order valence-electron chi connectivity index (χ1n) is 18.6. The molecule has 4 aliphatic heterocycles. The number of carbonyl (C=O) groups is 3. The topological polar surface area (TPSA) is 151 Å². The van der Waals surface area contributed by atoms with Gasteiger partial charge in [0.05, 0.1) is 73.9 Å². The summed E-state index contributed by atoms with van der Waals surface area (Å²) in [4.78, 5) is 56.6. The summed E-state index contributed by atoms with van der Waals surface area (Å²) in [6, 6.07) is 10.0. The van der Waals surface area contributed by atoms with Crippen molar-refractivity contribution in [1.29, 1.82) is 0 Å². The Morgan fingerprint density at radius 3 is 1.66 bits per heavy atom. The first-order chi connectivity index (χ1) is 27.2. The third-order valence-electron chi connectivity index (χ3n) is 10.3. The van der Waals surface area contributed by atoms with Gasteiger partial charge in [-0.25, -0.2) is 0 Å². The number of aliphatic imine (C=N–C) groups is 2. The van der Waals surface area contributed by atoms with Gasteiger partial charge < -0.3 is 38.2 Å². The smallest absolute Gasteiger partial charge is 0.305 e. The Labute approximate surface area is 325 Å². The van der Waals surface area contributed by atoms with Crippen molar-refractivity contribution in [3.63, 3.8) is 0 Å². The van der Waals surface area contributed by atoms with Gasteiger partial charge in [-0.2, -0.15) is 0 Å². The van der Waals surface area contributed by atoms with E-state index in [-0.39, 0.29) is 56.1 Å². The predicted octanol–water partition coefficient (Wildman–Crippen LogP) is 6.34. The average molecular weight is 764 g/mol. The van der Waals surface area contributed by atoms with Crippen LogP contribution >= 0.6 is 0 Å². The second-order valence-corrected chi connectivity index (χ2v) is 13.8. The molecule has 0 radical (unpaired) electrons. The van der Waals surface area contributed by atoms with E-state index in [0.717, 1.165) is 12.8 Å². The van der Waals surface area contributed by atoms with E-state index in [1.54, 1.807) is 36.4 Å². The summed E-state index contributed by atoms with van der Waals surface area (Å²) in [5.41, 5.74) is 5.32. The van der Waals surface area contributed by atoms with E-state index < -0.39 is 0 Å². The highest BCUT2D eigenvalue weighted by Crippen LogP contribution is 2.41. The number of pyridine rings is 1. The number of ether oxygens (including phenoxy) is 6. The van der Waals surface area contributed by atoms with Crippen molar-refractivity contribution in [2.75, 3.05) is 41.0 Å². The summed E-state index contributed by atoms with van der Waals surface area (Å²) < 4.78 is 34.7. The van der Waals surface area contributed by atoms with Gasteiger partial charge in [-0.1, -0.05) is 23.3 Å². The second kappa shape index (κ2) is 16.7. The van der Waals surface area contributed by atoms with Crippen molar-refractivity contribution in [1.82, 2.24) is 14.8 Å². The van der Waals surface area contributed by atoms with E-state index in [1.165, 1.54) is 32.5 Å². The lowest BCUT2D eigenvalue weighted by molar-refractivity contribution is -0.140. The molecule has 1 aromatic heterocycles. The van der Waals surface area contributed by atoms with Gasteiger partial charge >= 0.3 is 5.97 Å². The number of rotatable bonds is 13. The van der Waals surface area contributed by atoms with Crippen molar-refractivity contribution in [2.24, 2.45) is 9.98 Å². The zero-order valence-corrected chi connectivity index (χ0v) is 32.2. The van der Waals surface area contributed by atoms with Crippen molar-refractivity contribution in [3.05, 3.63) is 82.2 Å². The highest BCUT2D eigenvalue weighted by atomic mass is 16.5. The van der Waals surface area contributed by atoms with E-state index >= 15 is 0 Å². The lowest BCUT2D eigenvalue weighted by Gasteiger charge is -2.20. The van der Waals surface area contributed by atoms with Gasteiger partial charge in [-0.3, -0.25) is 29.4 Å². The summed E-state index contributed by atoms with van der Waals surface area (Å²) in [6.45, 7) is 5.39. The van der Waals surface area contributed by atoms with Gasteiger partial charge in [0, 0.05) is 56.2 Å². The molecule has 7 rings (SSSR count). The SMILES string of the molecule is C/C=C1\C[C@H]2C=Nc3cc(OCc4cc(OCCCC(=O)OC)cc(COc5cc6c(cc5OC)C(=O)N5C/C(=C/C)C[C@H]5C=N6)n4)c(OC)cc3C(=O)N2C1. The number of fused-ring (bicyclic) bond motifs is 4. The Morgan fingerprint density at radius 1 is 0.714 bits per heavy atom. The first-order valence-corrected chi connectivity index (χ1v) is 18.6. The number of hydrogen-bond acceptors (Lipinski definition) is 12. The maximum atomic E-state index is 13.6. The molecule has 0 bridgehead atoms. The lowest BCUT2D eigenvalue weighted by atomic mass is 10.1. The number of carbonyl (C=O) groups excluding carboxylic acids is 3. The van der Waals surface area contributed by atoms with Crippen molar-refractivity contribution in [3.8, 4) is 28.7 Å². The normalized spacial score (nSPS) is 19.6. The molecule has 2 aromatic carbocycles. The van der Waals surface area contributed by atoms with Gasteiger partial charge in [0.15, 0.2) is 23.0 Å². The molecule has 5 heterocycles. The standard InChI is InChI=1S/C42H45N5O9/c1-6-25-11-29-19-43-34-17-38(36(51-3)15-32(34)41(49)46(29)21-25)55-23-27-13-31(54-10-8-9-40(48)53-5)14-28(45-27)24-56-39-18-35-33(16-37(39)52-4)42(50)47-22-26(7-2)12-30(47)20-44-35/h6-7,13-20,29-30H,8-12,21-24H2,1-5H3/b25-6+,26-7+/t29-,30-/m0/s1. The number of esters is 1. The fourth-order valence-electron chi connectivity index (χ4n) is 7.19. The van der Waals surface area contributed by atoms with Crippen molar-refractivity contribution >= 4 is 41.6 Å². The number of aromatic nitrogens is 1. The molecular formula is C42H45N5O9. The largest absolute Gasteiger partial charge is 0.493 e. The third-order valence-corrected chi connectivity index (χ3v) is 10.3. The van der Waals surface area contributed by atoms with Crippen LogP contribution in [0.4, 0.5) is 11.4 Å². The number of benzene rings is 2. The van der Waals surface area contributed by atoms with Crippen LogP contribution in [0.1, 0.15) is 71.6 Å². The highest BCUT2D eigenvalue weighted by molar-refractivity contribution is 6.04. The molecule has 2 fully saturated rings. The van der Waals surface area contributed by atoms with Crippen molar-refractivity contribution < 1.29 is 42.8 Å². The van der Waals surface area contributed by atoms with E-state index in [1.807, 2.05) is 48.2 Å². The monoisotopic (exact) mass is 763 g/mol. The van der Waals surface area contributed by atoms with Crippen LogP contribution in [-0.2, 0) is 22.7 Å². The molecule has 0 aliphatic carbocycles. The summed E-state index contributed by atoms with van der Waals surface area (Å²) >= 11 is 0. The minimum Gasteiger partial charge on any atom is -0.493 e. The van der Waals surface area contributed by atoms with E-state index in [0.29, 0.717) is 82.1 Å². The molecule has 4 aliphatic rings. The van der Waals surface area contributed by atoms with Crippen LogP contribution in [0, 0.1) is 0 Å². The van der Waals surface area contributed by atoms with Crippen LogP contribution in [0.2, 0.25) is 0 Å². The Balaban J connectivity index is 1.12. The minimum absolute atomic E-state index is 0.0180. The fourth-order valence-corrected chi connectivity index (χ4v) is 7.19. The average Bonchev–Trinajstić information content (AvgIpc) is 3.79. The van der Waals surface area contributed by atoms with Crippen LogP contribution in [0.15, 0.2) is 69.7 Å². The first kappa shape index (κ1) is 38.1. The van der Waals surface area contributed by atoms with E-state index in [2.05, 4.69) is 9.98 Å². The van der Waals surface area contributed by atoms with E-state index in [9.17, 15) is 14.4 Å². The third kappa shape index (κ3) is 7.95. The number of amides is 2. The zero-order valence-electron chi connectivity index (χ0n) is 32.2. The molecular weight excluding hydrogens is 718 g/mol. The van der Waals surface area contributed by atoms with Gasteiger partial charge in [-0.05, 0) is 45.2 Å². The molecule has 2 atom stereocenters. The molecule has 0 spiro atoms. The summed E-state index contributed by atoms with van der Waals surface area (Å²) in [6.07, 6.45) is 9.90. The van der Waals surface area contributed by atoms with Gasteiger partial charge in [0.1, 0.15) is 19.0 Å². The van der Waals surface area contributed by atoms with Crippen molar-refractivity contribution in [2.45, 2.75) is 64.8 Å². The number of nitrogens with zero attached hydrogens (tertiary/aromatic N) is 5. The van der Waals surface area contributed by atoms with Crippen LogP contribution in [0.25, 0.3) is 0 Å². The maximum absolute atomic E-state index is 13.6. The lowest BCUT2D eigenvalue weighted by Crippen LogP contribution is -2.35. The molecule has 0 saturated carbocycles. The van der Waals surface area contributed by atoms with Gasteiger partial charge in [0.2, 0.25) is 0 Å². The number of allylic oxidation sites excluding steroid dienone is 2. The number of methoxy groups -OCH3 is 3. The molecule has 14 nitrogen and oxygen atoms in total. The van der Waals surface area contributed by atoms with Crippen LogP contribution in [0.5, 0.6) is 28.7 Å². The highest BCUT2D eigenvalue weighted by Gasteiger charge is 2.36. The van der Waals surface area contributed by atoms with Crippen LogP contribution in [-0.4, -0.2) is 98.1 Å². The predicted molar refractivity (Wildman–Crippen MR) is 208 cm³/mol. The quantitative estimate of drug-likeness (QED) is 0.110. The molecule has 0 unspecified atom stereocenters. The van der Waals surface area contributed by atoms with Gasteiger partial charge in [-0.15, -0.1) is 0 Å². The second-order valence-electron chi connectivity index (χ2n) is 13.8. The number of hydrogen-bond donors (Lipinski definition) is 0. The molecule has 292 valence electrons. The van der Waals surface area contributed by atoms with Gasteiger partial charge in [0.25, 0.3) is 11.8 Å². The van der Waals surface area contributed by atoms with Crippen LogP contribution < -0.4 is 23.7 Å². The zero-order chi connectivity index (χ0) is 39.3. The molecule has 2 saturated heterocycles. The summed E-state index contributed by atoms with van der Waals surface area (Å²) in [5, 5.41) is 0.